The lowest BCUT2D eigenvalue weighted by Gasteiger charge is -2.28. The first-order valence-corrected chi connectivity index (χ1v) is 25.2. The zero-order valence-corrected chi connectivity index (χ0v) is 42.7. The molecule has 1 fully saturated rings. The third-order valence-electron chi connectivity index (χ3n) is 12.5. The summed E-state index contributed by atoms with van der Waals surface area (Å²) < 4.78 is 0. The van der Waals surface area contributed by atoms with Gasteiger partial charge < -0.3 is 80.3 Å². The average Bonchev–Trinajstić information content (AvgIpc) is 4.06. The second-order valence-electron chi connectivity index (χ2n) is 18.5. The molecule has 2 aromatic heterocycles. The molecule has 1 aliphatic heterocycles. The van der Waals surface area contributed by atoms with Crippen molar-refractivity contribution in [3.63, 3.8) is 0 Å². The lowest BCUT2D eigenvalue weighted by Crippen LogP contribution is -2.61. The number of hydrogen-bond donors (Lipinski definition) is 17. The number of aromatic amines is 2. The maximum absolute atomic E-state index is 14.7. The minimum atomic E-state index is -1.50. The standard InChI is InChI=1S/C50H70N18O9/c1-28(69)62-35(15-8-20-58-49(52)53)43(72)65-37-17-18-41(70)57-19-7-14-34(42(51)71)63-47(76)39(23-30-25-60-33-13-6-5-12-32(30)33)67-44(73)36(16-9-21-59-50(54)55)64-46(75)38(22-29-10-3-2-4-11-29)66-48(77)40(68-45(37)74)24-31-26-56-27-61-31/h2-6,10-13,25-27,34-40,60H,7-9,14-24H2,1H3,(H2,51,71)(H,56,61)(H,57,70)(H,62,69)(H,63,76)(H,64,75)(H,65,72)(H,66,77)(H,67,73)(H,68,74)(H4,52,53,58)(H4,54,55,59)/t34?,35-,36-,37-,38+,39-,40-/m0/s1. The van der Waals surface area contributed by atoms with Crippen molar-refractivity contribution < 1.29 is 43.2 Å². The summed E-state index contributed by atoms with van der Waals surface area (Å²) in [4.78, 5) is 135. The van der Waals surface area contributed by atoms with Crippen molar-refractivity contribution >= 4 is 76.0 Å². The lowest BCUT2D eigenvalue weighted by molar-refractivity contribution is -0.135. The molecule has 1 saturated heterocycles. The number of carbonyl (C=O) groups is 9. The normalized spacial score (nSPS) is 20.8. The second-order valence-corrected chi connectivity index (χ2v) is 18.5. The highest BCUT2D eigenvalue weighted by molar-refractivity contribution is 5.98. The molecular weight excluding hydrogens is 997 g/mol. The molecule has 20 N–H and O–H groups in total. The lowest BCUT2D eigenvalue weighted by atomic mass is 10.0. The highest BCUT2D eigenvalue weighted by Crippen LogP contribution is 2.20. The van der Waals surface area contributed by atoms with Crippen LogP contribution in [0.3, 0.4) is 0 Å². The van der Waals surface area contributed by atoms with Gasteiger partial charge in [-0.25, -0.2) is 4.98 Å². The number of para-hydroxylation sites is 1. The molecule has 0 radical (unpaired) electrons. The van der Waals surface area contributed by atoms with Gasteiger partial charge in [-0.1, -0.05) is 48.5 Å². The Morgan fingerprint density at radius 1 is 0.714 bits per heavy atom. The van der Waals surface area contributed by atoms with Crippen LogP contribution < -0.4 is 70.4 Å². The van der Waals surface area contributed by atoms with E-state index < -0.39 is 95.5 Å². The first-order valence-electron chi connectivity index (χ1n) is 25.2. The van der Waals surface area contributed by atoms with Crippen LogP contribution in [0.4, 0.5) is 0 Å². The molecule has 2 aromatic carbocycles. The van der Waals surface area contributed by atoms with Gasteiger partial charge in [0, 0.05) is 75.5 Å². The van der Waals surface area contributed by atoms with Crippen LogP contribution >= 0.6 is 0 Å². The molecule has 0 aliphatic carbocycles. The third-order valence-corrected chi connectivity index (χ3v) is 12.5. The molecular formula is C50H70N18O9. The van der Waals surface area contributed by atoms with Crippen LogP contribution in [0.1, 0.15) is 75.1 Å². The summed E-state index contributed by atoms with van der Waals surface area (Å²) in [5.41, 5.74) is 19.0. The summed E-state index contributed by atoms with van der Waals surface area (Å²) >= 11 is 0. The Labute approximate surface area is 443 Å². The van der Waals surface area contributed by atoms with E-state index in [4.69, 9.17) is 28.0 Å². The predicted molar refractivity (Wildman–Crippen MR) is 283 cm³/mol. The fourth-order valence-corrected chi connectivity index (χ4v) is 8.54. The fourth-order valence-electron chi connectivity index (χ4n) is 8.54. The zero-order valence-electron chi connectivity index (χ0n) is 42.7. The number of amides is 9. The number of benzene rings is 2. The number of aromatic nitrogens is 3. The van der Waals surface area contributed by atoms with Crippen LogP contribution in [0.15, 0.2) is 73.3 Å². The Hall–Kier alpha value is -9.04. The number of H-pyrrole nitrogens is 2. The first kappa shape index (κ1) is 58.8. The summed E-state index contributed by atoms with van der Waals surface area (Å²) in [6, 6.07) is 6.35. The van der Waals surface area contributed by atoms with Gasteiger partial charge in [0.2, 0.25) is 53.2 Å². The Balaban J connectivity index is 1.54. The summed E-state index contributed by atoms with van der Waals surface area (Å²) in [6.45, 7) is 1.47. The van der Waals surface area contributed by atoms with Gasteiger partial charge in [0.25, 0.3) is 0 Å². The van der Waals surface area contributed by atoms with Gasteiger partial charge in [0.1, 0.15) is 42.3 Å². The molecule has 4 aromatic rings. The maximum atomic E-state index is 14.7. The number of rotatable bonds is 18. The van der Waals surface area contributed by atoms with Crippen molar-refractivity contribution in [2.45, 2.75) is 120 Å². The van der Waals surface area contributed by atoms with E-state index >= 15 is 0 Å². The largest absolute Gasteiger partial charge is 0.370 e. The minimum absolute atomic E-state index is 0.0218. The number of nitrogens with zero attached hydrogens (tertiary/aromatic N) is 1. The minimum Gasteiger partial charge on any atom is -0.370 e. The number of carbonyl (C=O) groups excluding carboxylic acids is 9. The van der Waals surface area contributed by atoms with E-state index in [0.717, 1.165) is 10.9 Å². The Bertz CT molecular complexity index is 2700. The molecule has 77 heavy (non-hydrogen) atoms. The summed E-state index contributed by atoms with van der Waals surface area (Å²) in [5.74, 6) is -7.69. The van der Waals surface area contributed by atoms with Crippen LogP contribution in [0, 0.1) is 10.8 Å². The van der Waals surface area contributed by atoms with E-state index in [1.807, 2.05) is 18.2 Å². The van der Waals surface area contributed by atoms with Crippen LogP contribution in [0.5, 0.6) is 0 Å². The van der Waals surface area contributed by atoms with E-state index in [-0.39, 0.29) is 102 Å². The fraction of sp³-hybridized carbons (Fsp3) is 0.440. The number of imidazole rings is 1. The van der Waals surface area contributed by atoms with Crippen molar-refractivity contribution in [2.24, 2.45) is 17.2 Å². The Morgan fingerprint density at radius 2 is 1.32 bits per heavy atom. The number of nitrogens with two attached hydrogens (primary N) is 3. The van der Waals surface area contributed by atoms with Gasteiger partial charge in [-0.2, -0.15) is 0 Å². The summed E-state index contributed by atoms with van der Waals surface area (Å²) in [7, 11) is 0. The molecule has 0 bridgehead atoms. The van der Waals surface area contributed by atoms with Crippen molar-refractivity contribution in [1.29, 1.82) is 10.8 Å². The monoisotopic (exact) mass is 1070 g/mol. The molecule has 3 heterocycles. The van der Waals surface area contributed by atoms with E-state index in [2.05, 4.69) is 68.1 Å². The van der Waals surface area contributed by atoms with Crippen LogP contribution in [-0.4, -0.2) is 142 Å². The van der Waals surface area contributed by atoms with Crippen LogP contribution in [0.2, 0.25) is 0 Å². The van der Waals surface area contributed by atoms with Gasteiger partial charge >= 0.3 is 0 Å². The second kappa shape index (κ2) is 29.7. The van der Waals surface area contributed by atoms with Gasteiger partial charge in [-0.3, -0.25) is 54.0 Å². The number of nitrogens with one attached hydrogen (secondary N) is 14. The zero-order chi connectivity index (χ0) is 55.9. The first-order chi connectivity index (χ1) is 36.9. The summed E-state index contributed by atoms with van der Waals surface area (Å²) in [5, 5.41) is 42.6. The van der Waals surface area contributed by atoms with Gasteiger partial charge in [0.05, 0.1) is 12.0 Å². The van der Waals surface area contributed by atoms with E-state index in [0.29, 0.717) is 16.8 Å². The molecule has 414 valence electrons. The number of primary amides is 1. The highest BCUT2D eigenvalue weighted by atomic mass is 16.2. The van der Waals surface area contributed by atoms with E-state index in [1.165, 1.54) is 19.4 Å². The smallest absolute Gasteiger partial charge is 0.243 e. The molecule has 0 spiro atoms. The quantitative estimate of drug-likeness (QED) is 0.0269. The molecule has 7 atom stereocenters. The van der Waals surface area contributed by atoms with Gasteiger partial charge in [0.15, 0.2) is 11.9 Å². The highest BCUT2D eigenvalue weighted by Gasteiger charge is 2.35. The Morgan fingerprint density at radius 3 is 1.99 bits per heavy atom. The number of hydrogen-bond acceptors (Lipinski definition) is 12. The maximum Gasteiger partial charge on any atom is 0.243 e. The summed E-state index contributed by atoms with van der Waals surface area (Å²) in [6.07, 6.45) is 3.90. The average molecular weight is 1070 g/mol. The van der Waals surface area contributed by atoms with Crippen molar-refractivity contribution in [1.82, 2.24) is 68.1 Å². The molecule has 27 nitrogen and oxygen atoms in total. The van der Waals surface area contributed by atoms with E-state index in [9.17, 15) is 43.2 Å². The van der Waals surface area contributed by atoms with Crippen LogP contribution in [0.25, 0.3) is 10.9 Å². The SMILES string of the molecule is CC(=O)N[C@@H](CCCNC(=N)N)C(=O)N[C@H]1CCC(=O)NCCCC(C(N)=O)NC(=O)[C@H](Cc2c[nH]c3ccccc23)NC(=O)[C@H](CCCNC(=N)N)NC(=O)[C@@H](Cc2ccccc2)NC(=O)[C@H](Cc2c[nH]cn2)NC1=O. The number of guanidine groups is 2. The molecule has 1 aliphatic rings. The molecule has 1 unspecified atom stereocenters. The van der Waals surface area contributed by atoms with Crippen molar-refractivity contribution in [2.75, 3.05) is 19.6 Å². The predicted octanol–water partition coefficient (Wildman–Crippen LogP) is -2.97. The van der Waals surface area contributed by atoms with Crippen molar-refractivity contribution in [3.05, 3.63) is 90.1 Å². The van der Waals surface area contributed by atoms with Gasteiger partial charge in [-0.15, -0.1) is 0 Å². The molecule has 5 rings (SSSR count). The van der Waals surface area contributed by atoms with Crippen molar-refractivity contribution in [3.8, 4) is 0 Å². The number of fused-ring (bicyclic) bond motifs is 1. The van der Waals surface area contributed by atoms with Gasteiger partial charge in [-0.05, 0) is 62.1 Å². The Kier molecular flexibility index (Phi) is 22.7. The van der Waals surface area contributed by atoms with E-state index in [1.54, 1.807) is 42.6 Å². The third kappa shape index (κ3) is 19.6. The molecule has 27 heteroatoms. The molecule has 9 amide bonds. The topological polar surface area (TPSA) is 444 Å². The molecule has 0 saturated carbocycles. The van der Waals surface area contributed by atoms with Crippen LogP contribution in [-0.2, 0) is 62.4 Å².